The fourth-order valence-corrected chi connectivity index (χ4v) is 4.03. The van der Waals surface area contributed by atoms with Crippen LogP contribution < -0.4 is 0 Å². The Morgan fingerprint density at radius 1 is 1.19 bits per heavy atom. The van der Waals surface area contributed by atoms with E-state index in [1.165, 1.54) is 25.1 Å². The van der Waals surface area contributed by atoms with E-state index in [9.17, 15) is 29.9 Å². The first kappa shape index (κ1) is 15.0. The number of Topliss-reactive ketones (excluding diaryl/α,β-unsaturated/α-hetero) is 1. The van der Waals surface area contributed by atoms with Crippen molar-refractivity contribution in [3.63, 3.8) is 0 Å². The number of carbonyl (C=O) groups excluding carboxylic acids is 3. The minimum atomic E-state index is -1.31. The van der Waals surface area contributed by atoms with Gasteiger partial charge in [-0.3, -0.25) is 14.4 Å². The van der Waals surface area contributed by atoms with Gasteiger partial charge in [0.25, 0.3) is 0 Å². The number of phenols is 1. The molecule has 0 amide bonds. The molecule has 8 heteroatoms. The zero-order valence-electron chi connectivity index (χ0n) is 13.3. The van der Waals surface area contributed by atoms with E-state index in [0.29, 0.717) is 0 Å². The van der Waals surface area contributed by atoms with E-state index in [1.807, 2.05) is 0 Å². The molecule has 5 rings (SSSR count). The fraction of sp³-hybridized carbons (Fsp3) is 0.222. The zero-order chi connectivity index (χ0) is 18.5. The standard InChI is InChI=1S/C18H10N2O6/c1-18-16(25)12-10(15(24)17(18)26-18)9-11(20(12)5-19)14(23)8-6(13(9)22)3-2-4-7(8)21/h2-4,15,17,21,24H,1H3/t15-,17+,18+/m0/s1. The van der Waals surface area contributed by atoms with Gasteiger partial charge in [-0.1, -0.05) is 12.1 Å². The number of hydrogen-bond donors (Lipinski definition) is 2. The average molecular weight is 350 g/mol. The quantitative estimate of drug-likeness (QED) is 0.570. The van der Waals surface area contributed by atoms with Crippen LogP contribution >= 0.6 is 0 Å². The van der Waals surface area contributed by atoms with Crippen molar-refractivity contribution in [2.24, 2.45) is 0 Å². The van der Waals surface area contributed by atoms with Gasteiger partial charge in [0, 0.05) is 11.1 Å². The van der Waals surface area contributed by atoms with Crippen molar-refractivity contribution in [1.29, 1.82) is 5.26 Å². The first-order valence-electron chi connectivity index (χ1n) is 7.83. The van der Waals surface area contributed by atoms with Crippen LogP contribution in [0, 0.1) is 11.5 Å². The van der Waals surface area contributed by atoms with Gasteiger partial charge < -0.3 is 14.9 Å². The summed E-state index contributed by atoms with van der Waals surface area (Å²) in [6, 6.07) is 4.06. The van der Waals surface area contributed by atoms with Crippen LogP contribution in [-0.4, -0.2) is 43.8 Å². The second kappa shape index (κ2) is 4.27. The fourth-order valence-electron chi connectivity index (χ4n) is 4.03. The maximum absolute atomic E-state index is 13.0. The van der Waals surface area contributed by atoms with E-state index >= 15 is 0 Å². The summed E-state index contributed by atoms with van der Waals surface area (Å²) in [6.45, 7) is 1.49. The van der Waals surface area contributed by atoms with Crippen molar-refractivity contribution in [2.75, 3.05) is 0 Å². The van der Waals surface area contributed by atoms with Crippen LogP contribution in [0.1, 0.15) is 61.1 Å². The Morgan fingerprint density at radius 3 is 2.62 bits per heavy atom. The summed E-state index contributed by atoms with van der Waals surface area (Å²) in [6.07, 6.45) is -0.391. The Morgan fingerprint density at radius 2 is 1.92 bits per heavy atom. The highest BCUT2D eigenvalue weighted by Gasteiger charge is 2.68. The molecule has 2 heterocycles. The Balaban J connectivity index is 1.90. The van der Waals surface area contributed by atoms with Gasteiger partial charge in [-0.25, -0.2) is 4.57 Å². The molecular weight excluding hydrogens is 340 g/mol. The van der Waals surface area contributed by atoms with Crippen LogP contribution in [0.2, 0.25) is 0 Å². The zero-order valence-corrected chi connectivity index (χ0v) is 13.3. The van der Waals surface area contributed by atoms with Gasteiger partial charge in [0.05, 0.1) is 11.1 Å². The molecule has 0 spiro atoms. The lowest BCUT2D eigenvalue weighted by molar-refractivity contribution is 0.0868. The monoisotopic (exact) mass is 350 g/mol. The molecule has 0 bridgehead atoms. The van der Waals surface area contributed by atoms with Crippen molar-refractivity contribution in [3.8, 4) is 11.9 Å². The SMILES string of the molecule is C[C@]12O[C@@H]1[C@@H](O)c1c3c(n(C#N)c1C2=O)C(=O)c1c(O)cccc1C3=O. The van der Waals surface area contributed by atoms with Gasteiger partial charge >= 0.3 is 0 Å². The van der Waals surface area contributed by atoms with E-state index in [4.69, 9.17) is 4.74 Å². The van der Waals surface area contributed by atoms with Crippen LogP contribution in [0.15, 0.2) is 18.2 Å². The van der Waals surface area contributed by atoms with Crippen LogP contribution in [0.25, 0.3) is 0 Å². The van der Waals surface area contributed by atoms with Crippen molar-refractivity contribution < 1.29 is 29.3 Å². The number of fused-ring (bicyclic) bond motifs is 5. The third-order valence-electron chi connectivity index (χ3n) is 5.37. The van der Waals surface area contributed by atoms with Gasteiger partial charge in [0.2, 0.25) is 11.6 Å². The van der Waals surface area contributed by atoms with E-state index in [1.54, 1.807) is 6.19 Å². The molecular formula is C18H10N2O6. The molecule has 1 aliphatic heterocycles. The number of aliphatic hydroxyl groups excluding tert-OH is 1. The number of aliphatic hydroxyl groups is 1. The third kappa shape index (κ3) is 1.41. The lowest BCUT2D eigenvalue weighted by atomic mass is 9.80. The molecule has 0 radical (unpaired) electrons. The van der Waals surface area contributed by atoms with Gasteiger partial charge in [0.15, 0.2) is 17.6 Å². The predicted molar refractivity (Wildman–Crippen MR) is 83.0 cm³/mol. The van der Waals surface area contributed by atoms with Gasteiger partial charge in [-0.15, -0.1) is 0 Å². The number of benzene rings is 1. The number of rotatable bonds is 0. The van der Waals surface area contributed by atoms with Gasteiger partial charge in [-0.05, 0) is 13.0 Å². The molecule has 3 atom stereocenters. The Labute approximate surface area is 145 Å². The molecule has 3 aliphatic rings. The highest BCUT2D eigenvalue weighted by molar-refractivity contribution is 6.30. The van der Waals surface area contributed by atoms with E-state index in [0.717, 1.165) is 4.57 Å². The van der Waals surface area contributed by atoms with Crippen molar-refractivity contribution >= 4 is 17.3 Å². The summed E-state index contributed by atoms with van der Waals surface area (Å²) in [5.74, 6) is -2.33. The van der Waals surface area contributed by atoms with Crippen LogP contribution in [0.3, 0.4) is 0 Å². The number of carbonyl (C=O) groups is 3. The molecule has 8 nitrogen and oxygen atoms in total. The summed E-state index contributed by atoms with van der Waals surface area (Å²) < 4.78 is 6.09. The number of aromatic nitrogens is 1. The van der Waals surface area contributed by atoms with E-state index in [2.05, 4.69) is 0 Å². The summed E-state index contributed by atoms with van der Waals surface area (Å²) in [5.41, 5.74) is -2.29. The Kier molecular flexibility index (Phi) is 2.47. The topological polar surface area (TPSA) is 133 Å². The molecule has 0 unspecified atom stereocenters. The number of nitriles is 1. The molecule has 26 heavy (non-hydrogen) atoms. The minimum absolute atomic E-state index is 0.0370. The molecule has 128 valence electrons. The predicted octanol–water partition coefficient (Wildman–Crippen LogP) is 0.685. The maximum Gasteiger partial charge on any atom is 0.215 e. The summed E-state index contributed by atoms with van der Waals surface area (Å²) >= 11 is 0. The summed E-state index contributed by atoms with van der Waals surface area (Å²) in [4.78, 5) is 38.8. The second-order valence-corrected chi connectivity index (χ2v) is 6.70. The molecule has 1 fully saturated rings. The van der Waals surface area contributed by atoms with Crippen LogP contribution in [0.5, 0.6) is 5.75 Å². The average Bonchev–Trinajstić information content (AvgIpc) is 3.20. The lowest BCUT2D eigenvalue weighted by Gasteiger charge is -2.20. The molecule has 1 saturated heterocycles. The van der Waals surface area contributed by atoms with Crippen molar-refractivity contribution in [1.82, 2.24) is 4.57 Å². The van der Waals surface area contributed by atoms with Gasteiger partial charge in [0.1, 0.15) is 29.3 Å². The Hall–Kier alpha value is -3.28. The number of ketones is 3. The maximum atomic E-state index is 13.0. The number of ether oxygens (including phenoxy) is 1. The summed E-state index contributed by atoms with van der Waals surface area (Å²) in [7, 11) is 0. The largest absolute Gasteiger partial charge is 0.507 e. The van der Waals surface area contributed by atoms with Crippen LogP contribution in [-0.2, 0) is 4.74 Å². The molecule has 2 aliphatic carbocycles. The van der Waals surface area contributed by atoms with Gasteiger partial charge in [-0.2, -0.15) is 5.26 Å². The highest BCUT2D eigenvalue weighted by Crippen LogP contribution is 2.54. The number of epoxide rings is 1. The number of aromatic hydroxyl groups is 1. The molecule has 2 N–H and O–H groups in total. The molecule has 1 aromatic carbocycles. The third-order valence-corrected chi connectivity index (χ3v) is 5.37. The van der Waals surface area contributed by atoms with Crippen LogP contribution in [0.4, 0.5) is 0 Å². The highest BCUT2D eigenvalue weighted by atomic mass is 16.6. The first-order valence-corrected chi connectivity index (χ1v) is 7.83. The Bertz CT molecular complexity index is 1140. The minimum Gasteiger partial charge on any atom is -0.507 e. The normalized spacial score (nSPS) is 28.0. The molecule has 0 saturated carbocycles. The van der Waals surface area contributed by atoms with E-state index < -0.39 is 35.2 Å². The number of hydrogen-bond acceptors (Lipinski definition) is 7. The smallest absolute Gasteiger partial charge is 0.215 e. The number of nitrogens with zero attached hydrogens (tertiary/aromatic N) is 2. The van der Waals surface area contributed by atoms with Crippen molar-refractivity contribution in [2.45, 2.75) is 24.7 Å². The summed E-state index contributed by atoms with van der Waals surface area (Å²) in [5, 5.41) is 30.2. The van der Waals surface area contributed by atoms with Crippen molar-refractivity contribution in [3.05, 3.63) is 51.8 Å². The lowest BCUT2D eigenvalue weighted by Crippen LogP contribution is -2.34. The first-order chi connectivity index (χ1) is 12.3. The molecule has 2 aromatic rings. The molecule has 1 aromatic heterocycles. The number of phenolic OH excluding ortho intramolecular Hbond substituents is 1. The second-order valence-electron chi connectivity index (χ2n) is 6.70. The van der Waals surface area contributed by atoms with E-state index in [-0.39, 0.29) is 39.4 Å².